The quantitative estimate of drug-likeness (QED) is 0.899. The molecule has 1 aromatic heterocycles. The van der Waals surface area contributed by atoms with Crippen LogP contribution in [-0.4, -0.2) is 48.1 Å². The molecule has 1 aliphatic rings. The van der Waals surface area contributed by atoms with E-state index in [-0.39, 0.29) is 11.7 Å². The van der Waals surface area contributed by atoms with Gasteiger partial charge in [0, 0.05) is 13.1 Å². The number of piperidine rings is 1. The van der Waals surface area contributed by atoms with E-state index in [0.717, 1.165) is 0 Å². The summed E-state index contributed by atoms with van der Waals surface area (Å²) in [5, 5.41) is 0.480. The largest absolute Gasteiger partial charge is 0.490 e. The van der Waals surface area contributed by atoms with Crippen molar-refractivity contribution in [2.45, 2.75) is 18.9 Å². The number of H-pyrrole nitrogens is 1. The number of rotatable bonds is 3. The molecule has 0 atom stereocenters. The zero-order chi connectivity index (χ0) is 15.7. The highest BCUT2D eigenvalue weighted by molar-refractivity contribution is 7.88. The van der Waals surface area contributed by atoms with Gasteiger partial charge in [0.15, 0.2) is 0 Å². The lowest BCUT2D eigenvalue weighted by molar-refractivity contribution is 0.135. The van der Waals surface area contributed by atoms with Crippen molar-refractivity contribution in [1.82, 2.24) is 14.3 Å². The van der Waals surface area contributed by atoms with Crippen LogP contribution in [-0.2, 0) is 10.0 Å². The van der Waals surface area contributed by atoms with Crippen LogP contribution in [0.25, 0.3) is 10.9 Å². The molecule has 0 aliphatic carbocycles. The van der Waals surface area contributed by atoms with Crippen LogP contribution in [0.1, 0.15) is 12.8 Å². The molecule has 118 valence electrons. The summed E-state index contributed by atoms with van der Waals surface area (Å²) in [4.78, 5) is 18.4. The molecule has 2 heterocycles. The van der Waals surface area contributed by atoms with Crippen molar-refractivity contribution in [2.24, 2.45) is 0 Å². The lowest BCUT2D eigenvalue weighted by Gasteiger charge is -2.30. The van der Waals surface area contributed by atoms with E-state index >= 15 is 0 Å². The van der Waals surface area contributed by atoms with Gasteiger partial charge in [-0.05, 0) is 31.0 Å². The highest BCUT2D eigenvalue weighted by atomic mass is 32.2. The molecule has 1 aromatic carbocycles. The molecule has 22 heavy (non-hydrogen) atoms. The van der Waals surface area contributed by atoms with Gasteiger partial charge in [0.25, 0.3) is 5.56 Å². The van der Waals surface area contributed by atoms with E-state index in [2.05, 4.69) is 9.97 Å². The molecule has 3 rings (SSSR count). The molecule has 1 saturated heterocycles. The number of hydrogen-bond acceptors (Lipinski definition) is 5. The minimum atomic E-state index is -3.13. The third-order valence-corrected chi connectivity index (χ3v) is 5.09. The number of benzene rings is 1. The Balaban J connectivity index is 1.72. The minimum absolute atomic E-state index is 0.0498. The Morgan fingerprint density at radius 3 is 2.73 bits per heavy atom. The fourth-order valence-electron chi connectivity index (χ4n) is 2.60. The van der Waals surface area contributed by atoms with Gasteiger partial charge in [-0.25, -0.2) is 17.7 Å². The van der Waals surface area contributed by atoms with Gasteiger partial charge in [0.1, 0.15) is 11.9 Å². The number of fused-ring (bicyclic) bond motifs is 1. The molecule has 0 saturated carbocycles. The molecule has 8 heteroatoms. The number of nitrogens with one attached hydrogen (secondary N) is 1. The average molecular weight is 323 g/mol. The van der Waals surface area contributed by atoms with Gasteiger partial charge in [-0.1, -0.05) is 0 Å². The normalized spacial score (nSPS) is 17.7. The molecule has 1 fully saturated rings. The van der Waals surface area contributed by atoms with Crippen LogP contribution in [0.15, 0.2) is 29.3 Å². The van der Waals surface area contributed by atoms with Crippen LogP contribution in [0.2, 0.25) is 0 Å². The predicted molar refractivity (Wildman–Crippen MR) is 82.4 cm³/mol. The van der Waals surface area contributed by atoms with Crippen molar-refractivity contribution in [2.75, 3.05) is 19.3 Å². The SMILES string of the molecule is CS(=O)(=O)N1CCC(Oc2ccc3nc[nH]c(=O)c3c2)CC1. The summed E-state index contributed by atoms with van der Waals surface area (Å²) >= 11 is 0. The topological polar surface area (TPSA) is 92.4 Å². The first kappa shape index (κ1) is 15.0. The Bertz CT molecular complexity index is 839. The van der Waals surface area contributed by atoms with Gasteiger partial charge in [0.05, 0.1) is 23.5 Å². The molecule has 1 aliphatic heterocycles. The third-order valence-electron chi connectivity index (χ3n) is 3.78. The van der Waals surface area contributed by atoms with Gasteiger partial charge >= 0.3 is 0 Å². The van der Waals surface area contributed by atoms with Crippen LogP contribution in [0, 0.1) is 0 Å². The second-order valence-corrected chi connectivity index (χ2v) is 7.37. The van der Waals surface area contributed by atoms with Crippen molar-refractivity contribution in [1.29, 1.82) is 0 Å². The van der Waals surface area contributed by atoms with Gasteiger partial charge in [-0.3, -0.25) is 4.79 Å². The van der Waals surface area contributed by atoms with Gasteiger partial charge < -0.3 is 9.72 Å². The summed E-state index contributed by atoms with van der Waals surface area (Å²) < 4.78 is 30.3. The Hall–Kier alpha value is -1.93. The van der Waals surface area contributed by atoms with Crippen molar-refractivity contribution in [3.05, 3.63) is 34.9 Å². The molecular weight excluding hydrogens is 306 g/mol. The van der Waals surface area contributed by atoms with Crippen LogP contribution in [0.3, 0.4) is 0 Å². The molecule has 0 radical (unpaired) electrons. The summed E-state index contributed by atoms with van der Waals surface area (Å²) in [6.45, 7) is 0.915. The third kappa shape index (κ3) is 3.12. The smallest absolute Gasteiger partial charge is 0.258 e. The summed E-state index contributed by atoms with van der Waals surface area (Å²) in [6, 6.07) is 5.19. The number of ether oxygens (including phenoxy) is 1. The minimum Gasteiger partial charge on any atom is -0.490 e. The van der Waals surface area contributed by atoms with Crippen LogP contribution < -0.4 is 10.3 Å². The highest BCUT2D eigenvalue weighted by Crippen LogP contribution is 2.22. The van der Waals surface area contributed by atoms with Crippen molar-refractivity contribution in [3.8, 4) is 5.75 Å². The summed E-state index contributed by atoms with van der Waals surface area (Å²) in [5.41, 5.74) is 0.408. The number of sulfonamides is 1. The summed E-state index contributed by atoms with van der Waals surface area (Å²) in [6.07, 6.45) is 3.80. The number of aromatic nitrogens is 2. The van der Waals surface area contributed by atoms with E-state index in [1.165, 1.54) is 16.9 Å². The van der Waals surface area contributed by atoms with E-state index in [9.17, 15) is 13.2 Å². The Labute approximate surface area is 128 Å². The second-order valence-electron chi connectivity index (χ2n) is 5.39. The second kappa shape index (κ2) is 5.69. The molecule has 0 spiro atoms. The first-order chi connectivity index (χ1) is 10.4. The molecule has 0 amide bonds. The average Bonchev–Trinajstić information content (AvgIpc) is 2.48. The molecule has 0 unspecified atom stereocenters. The molecule has 1 N–H and O–H groups in total. The fraction of sp³-hybridized carbons (Fsp3) is 0.429. The first-order valence-electron chi connectivity index (χ1n) is 7.03. The lowest BCUT2D eigenvalue weighted by Crippen LogP contribution is -2.41. The first-order valence-corrected chi connectivity index (χ1v) is 8.87. The zero-order valence-corrected chi connectivity index (χ0v) is 13.0. The lowest BCUT2D eigenvalue weighted by atomic mass is 10.1. The van der Waals surface area contributed by atoms with Crippen molar-refractivity contribution >= 4 is 20.9 Å². The summed E-state index contributed by atoms with van der Waals surface area (Å²) in [7, 11) is -3.13. The van der Waals surface area contributed by atoms with E-state index in [0.29, 0.717) is 42.6 Å². The Kier molecular flexibility index (Phi) is 3.88. The van der Waals surface area contributed by atoms with Gasteiger partial charge in [-0.15, -0.1) is 0 Å². The zero-order valence-electron chi connectivity index (χ0n) is 12.2. The summed E-state index contributed by atoms with van der Waals surface area (Å²) in [5.74, 6) is 0.601. The van der Waals surface area contributed by atoms with E-state index in [1.807, 2.05) is 0 Å². The molecule has 7 nitrogen and oxygen atoms in total. The number of hydrogen-bond donors (Lipinski definition) is 1. The number of aromatic amines is 1. The predicted octanol–water partition coefficient (Wildman–Crippen LogP) is 0.726. The van der Waals surface area contributed by atoms with E-state index in [1.54, 1.807) is 18.2 Å². The van der Waals surface area contributed by atoms with E-state index < -0.39 is 10.0 Å². The van der Waals surface area contributed by atoms with Gasteiger partial charge in [0.2, 0.25) is 10.0 Å². The maximum absolute atomic E-state index is 11.8. The highest BCUT2D eigenvalue weighted by Gasteiger charge is 2.25. The maximum atomic E-state index is 11.8. The van der Waals surface area contributed by atoms with Crippen LogP contribution in [0.5, 0.6) is 5.75 Å². The monoisotopic (exact) mass is 323 g/mol. The van der Waals surface area contributed by atoms with Crippen molar-refractivity contribution < 1.29 is 13.2 Å². The maximum Gasteiger partial charge on any atom is 0.258 e. The van der Waals surface area contributed by atoms with Crippen LogP contribution >= 0.6 is 0 Å². The Morgan fingerprint density at radius 1 is 1.32 bits per heavy atom. The standard InChI is InChI=1S/C14H17N3O4S/c1-22(19,20)17-6-4-10(5-7-17)21-11-2-3-13-12(8-11)14(18)16-9-15-13/h2-3,8-10H,4-7H2,1H3,(H,15,16,18). The van der Waals surface area contributed by atoms with E-state index in [4.69, 9.17) is 4.74 Å². The molecular formula is C14H17N3O4S. The molecule has 2 aromatic rings. The van der Waals surface area contributed by atoms with Crippen molar-refractivity contribution in [3.63, 3.8) is 0 Å². The molecule has 0 bridgehead atoms. The number of nitrogens with zero attached hydrogens (tertiary/aromatic N) is 2. The van der Waals surface area contributed by atoms with Gasteiger partial charge in [-0.2, -0.15) is 0 Å². The Morgan fingerprint density at radius 2 is 2.05 bits per heavy atom. The van der Waals surface area contributed by atoms with Crippen LogP contribution in [0.4, 0.5) is 0 Å². The fourth-order valence-corrected chi connectivity index (χ4v) is 3.47.